The zero-order chi connectivity index (χ0) is 13.0. The standard InChI is InChI=1S/C13H16N2O2S/c14-13(18)11(10-4-2-1-3-5-10)8-15-6-7-17-9-12(15)16/h1-5,11H,6-9H2,(H2,14,18). The second-order valence-electron chi connectivity index (χ2n) is 4.26. The predicted octanol–water partition coefficient (Wildman–Crippen LogP) is 0.915. The van der Waals surface area contributed by atoms with E-state index in [0.717, 1.165) is 5.56 Å². The molecule has 2 rings (SSSR count). The van der Waals surface area contributed by atoms with Gasteiger partial charge >= 0.3 is 0 Å². The molecule has 0 aliphatic carbocycles. The summed E-state index contributed by atoms with van der Waals surface area (Å²) in [6.07, 6.45) is 0. The minimum Gasteiger partial charge on any atom is -0.393 e. The SMILES string of the molecule is NC(=S)C(CN1CCOCC1=O)c1ccccc1. The van der Waals surface area contributed by atoms with Crippen molar-refractivity contribution in [3.05, 3.63) is 35.9 Å². The first-order valence-electron chi connectivity index (χ1n) is 5.88. The van der Waals surface area contributed by atoms with Gasteiger partial charge in [-0.2, -0.15) is 0 Å². The number of hydrogen-bond donors (Lipinski definition) is 1. The quantitative estimate of drug-likeness (QED) is 0.822. The van der Waals surface area contributed by atoms with Crippen LogP contribution in [0, 0.1) is 0 Å². The Labute approximate surface area is 112 Å². The van der Waals surface area contributed by atoms with E-state index >= 15 is 0 Å². The zero-order valence-corrected chi connectivity index (χ0v) is 10.9. The van der Waals surface area contributed by atoms with Crippen LogP contribution in [0.2, 0.25) is 0 Å². The molecular formula is C13H16N2O2S. The summed E-state index contributed by atoms with van der Waals surface area (Å²) in [5, 5.41) is 0. The topological polar surface area (TPSA) is 55.6 Å². The molecule has 1 heterocycles. The Morgan fingerprint density at radius 2 is 2.17 bits per heavy atom. The lowest BCUT2D eigenvalue weighted by Gasteiger charge is -2.30. The lowest BCUT2D eigenvalue weighted by molar-refractivity contribution is -0.142. The van der Waals surface area contributed by atoms with Crippen LogP contribution in [0.4, 0.5) is 0 Å². The molecule has 1 aromatic rings. The van der Waals surface area contributed by atoms with Crippen LogP contribution in [-0.2, 0) is 9.53 Å². The Hall–Kier alpha value is -1.46. The van der Waals surface area contributed by atoms with Crippen molar-refractivity contribution in [1.29, 1.82) is 0 Å². The van der Waals surface area contributed by atoms with E-state index in [0.29, 0.717) is 24.7 Å². The molecule has 1 aliphatic heterocycles. The van der Waals surface area contributed by atoms with E-state index in [4.69, 9.17) is 22.7 Å². The summed E-state index contributed by atoms with van der Waals surface area (Å²) in [5.74, 6) is -0.0957. The monoisotopic (exact) mass is 264 g/mol. The number of amides is 1. The molecule has 2 N–H and O–H groups in total. The van der Waals surface area contributed by atoms with E-state index in [-0.39, 0.29) is 18.4 Å². The molecule has 0 saturated carbocycles. The molecule has 0 spiro atoms. The Bertz CT molecular complexity index is 436. The highest BCUT2D eigenvalue weighted by Crippen LogP contribution is 2.18. The third-order valence-electron chi connectivity index (χ3n) is 3.03. The number of rotatable bonds is 4. The van der Waals surface area contributed by atoms with Crippen molar-refractivity contribution in [1.82, 2.24) is 4.90 Å². The molecule has 1 saturated heterocycles. The fraction of sp³-hybridized carbons (Fsp3) is 0.385. The molecule has 96 valence electrons. The van der Waals surface area contributed by atoms with Gasteiger partial charge in [0, 0.05) is 13.1 Å². The summed E-state index contributed by atoms with van der Waals surface area (Å²) < 4.78 is 5.10. The molecule has 1 fully saturated rings. The third kappa shape index (κ3) is 3.05. The average molecular weight is 264 g/mol. The molecular weight excluding hydrogens is 248 g/mol. The summed E-state index contributed by atoms with van der Waals surface area (Å²) in [6.45, 7) is 1.86. The van der Waals surface area contributed by atoms with Crippen LogP contribution >= 0.6 is 12.2 Å². The van der Waals surface area contributed by atoms with Gasteiger partial charge in [0.1, 0.15) is 6.61 Å². The van der Waals surface area contributed by atoms with Crippen molar-refractivity contribution in [2.24, 2.45) is 5.73 Å². The molecule has 0 bridgehead atoms. The van der Waals surface area contributed by atoms with Crippen LogP contribution in [0.3, 0.4) is 0 Å². The fourth-order valence-corrected chi connectivity index (χ4v) is 2.22. The van der Waals surface area contributed by atoms with Crippen LogP contribution in [0.25, 0.3) is 0 Å². The number of nitrogens with zero attached hydrogens (tertiary/aromatic N) is 1. The van der Waals surface area contributed by atoms with Gasteiger partial charge in [-0.25, -0.2) is 0 Å². The minimum absolute atomic E-state index is 0.00145. The number of hydrogen-bond acceptors (Lipinski definition) is 3. The second-order valence-corrected chi connectivity index (χ2v) is 4.73. The average Bonchev–Trinajstić information content (AvgIpc) is 2.38. The zero-order valence-electron chi connectivity index (χ0n) is 10.0. The van der Waals surface area contributed by atoms with Crippen molar-refractivity contribution in [3.8, 4) is 0 Å². The molecule has 1 amide bonds. The number of nitrogens with two attached hydrogens (primary N) is 1. The second kappa shape index (κ2) is 5.93. The minimum atomic E-state index is -0.0942. The van der Waals surface area contributed by atoms with Gasteiger partial charge in [-0.15, -0.1) is 0 Å². The van der Waals surface area contributed by atoms with Gasteiger partial charge in [0.15, 0.2) is 0 Å². The van der Waals surface area contributed by atoms with Crippen LogP contribution in [0.15, 0.2) is 30.3 Å². The predicted molar refractivity (Wildman–Crippen MR) is 73.4 cm³/mol. The molecule has 0 radical (unpaired) electrons. The fourth-order valence-electron chi connectivity index (χ4n) is 2.01. The van der Waals surface area contributed by atoms with Crippen molar-refractivity contribution in [2.45, 2.75) is 5.92 Å². The highest BCUT2D eigenvalue weighted by Gasteiger charge is 2.24. The number of morpholine rings is 1. The molecule has 1 atom stereocenters. The number of ether oxygens (including phenoxy) is 1. The molecule has 5 heteroatoms. The van der Waals surface area contributed by atoms with Gasteiger partial charge in [0.2, 0.25) is 5.91 Å². The molecule has 1 aromatic carbocycles. The largest absolute Gasteiger partial charge is 0.393 e. The lowest BCUT2D eigenvalue weighted by atomic mass is 9.98. The summed E-state index contributed by atoms with van der Waals surface area (Å²) >= 11 is 5.11. The highest BCUT2D eigenvalue weighted by atomic mass is 32.1. The third-order valence-corrected chi connectivity index (χ3v) is 3.32. The number of carbonyl (C=O) groups excluding carboxylic acids is 1. The van der Waals surface area contributed by atoms with E-state index in [9.17, 15) is 4.79 Å². The van der Waals surface area contributed by atoms with Crippen LogP contribution in [-0.4, -0.2) is 42.1 Å². The molecule has 1 unspecified atom stereocenters. The maximum Gasteiger partial charge on any atom is 0.248 e. The van der Waals surface area contributed by atoms with Crippen LogP contribution < -0.4 is 5.73 Å². The Kier molecular flexibility index (Phi) is 4.28. The van der Waals surface area contributed by atoms with Crippen molar-refractivity contribution in [3.63, 3.8) is 0 Å². The van der Waals surface area contributed by atoms with Gasteiger partial charge in [-0.05, 0) is 5.56 Å². The lowest BCUT2D eigenvalue weighted by Crippen LogP contribution is -2.45. The van der Waals surface area contributed by atoms with E-state index in [1.165, 1.54) is 0 Å². The van der Waals surface area contributed by atoms with Gasteiger partial charge in [0.25, 0.3) is 0 Å². The number of thiocarbonyl (C=S) groups is 1. The van der Waals surface area contributed by atoms with Crippen LogP contribution in [0.5, 0.6) is 0 Å². The summed E-state index contributed by atoms with van der Waals surface area (Å²) in [4.78, 5) is 13.9. The Balaban J connectivity index is 2.12. The van der Waals surface area contributed by atoms with E-state index in [1.54, 1.807) is 4.90 Å². The summed E-state index contributed by atoms with van der Waals surface area (Å²) in [7, 11) is 0. The van der Waals surface area contributed by atoms with Gasteiger partial charge < -0.3 is 15.4 Å². The first kappa shape index (κ1) is 13.0. The van der Waals surface area contributed by atoms with E-state index in [1.807, 2.05) is 30.3 Å². The van der Waals surface area contributed by atoms with E-state index < -0.39 is 0 Å². The summed E-state index contributed by atoms with van der Waals surface area (Å²) in [5.41, 5.74) is 6.84. The summed E-state index contributed by atoms with van der Waals surface area (Å²) in [6, 6.07) is 9.80. The van der Waals surface area contributed by atoms with Crippen molar-refractivity contribution >= 4 is 23.1 Å². The Morgan fingerprint density at radius 3 is 2.78 bits per heavy atom. The highest BCUT2D eigenvalue weighted by molar-refractivity contribution is 7.80. The van der Waals surface area contributed by atoms with Crippen molar-refractivity contribution < 1.29 is 9.53 Å². The molecule has 18 heavy (non-hydrogen) atoms. The smallest absolute Gasteiger partial charge is 0.248 e. The van der Waals surface area contributed by atoms with Crippen molar-refractivity contribution in [2.75, 3.05) is 26.3 Å². The van der Waals surface area contributed by atoms with Gasteiger partial charge in [-0.1, -0.05) is 42.5 Å². The first-order valence-corrected chi connectivity index (χ1v) is 6.29. The van der Waals surface area contributed by atoms with Crippen LogP contribution in [0.1, 0.15) is 11.5 Å². The molecule has 1 aliphatic rings. The van der Waals surface area contributed by atoms with E-state index in [2.05, 4.69) is 0 Å². The molecule has 0 aromatic heterocycles. The maximum atomic E-state index is 11.7. The maximum absolute atomic E-state index is 11.7. The normalized spacial score (nSPS) is 17.6. The van der Waals surface area contributed by atoms with Gasteiger partial charge in [-0.3, -0.25) is 4.79 Å². The number of carbonyl (C=O) groups is 1. The first-order chi connectivity index (χ1) is 8.68. The molecule has 4 nitrogen and oxygen atoms in total. The van der Waals surface area contributed by atoms with Gasteiger partial charge in [0.05, 0.1) is 17.5 Å². The Morgan fingerprint density at radius 1 is 1.44 bits per heavy atom. The number of benzene rings is 1.